The van der Waals surface area contributed by atoms with E-state index in [2.05, 4.69) is 15.3 Å². The number of aliphatic carboxylic acids is 1. The Morgan fingerprint density at radius 1 is 1.03 bits per heavy atom. The van der Waals surface area contributed by atoms with Crippen LogP contribution < -0.4 is 11.2 Å². The number of aliphatic hydroxyl groups excluding tert-OH is 5. The van der Waals surface area contributed by atoms with Gasteiger partial charge in [0.1, 0.15) is 24.9 Å². The van der Waals surface area contributed by atoms with Gasteiger partial charge < -0.3 is 50.4 Å². The third-order valence-corrected chi connectivity index (χ3v) is 3.57. The van der Waals surface area contributed by atoms with E-state index >= 15 is 0 Å². The molecule has 0 bridgehead atoms. The lowest BCUT2D eigenvalue weighted by molar-refractivity contribution is -0.130. The molecule has 0 fully saturated rings. The van der Waals surface area contributed by atoms with Gasteiger partial charge in [-0.1, -0.05) is 5.16 Å². The van der Waals surface area contributed by atoms with Crippen LogP contribution in [0, 0.1) is 0 Å². The minimum absolute atomic E-state index is 0.0563. The number of nitrogens with zero attached hydrogens (tertiary/aromatic N) is 1. The third kappa shape index (κ3) is 11.0. The predicted octanol–water partition coefficient (Wildman–Crippen LogP) is -4.32. The van der Waals surface area contributed by atoms with E-state index in [4.69, 9.17) is 20.6 Å². The second-order valence-electron chi connectivity index (χ2n) is 5.89. The highest BCUT2D eigenvalue weighted by atomic mass is 16.6. The van der Waals surface area contributed by atoms with Crippen LogP contribution in [0.3, 0.4) is 0 Å². The number of carboxylic acids is 1. The maximum Gasteiger partial charge on any atom is 0.353 e. The minimum Gasteiger partial charge on any atom is -0.477 e. The molecular weight excluding hydrogens is 398 g/mol. The molecule has 0 radical (unpaired) electrons. The van der Waals surface area contributed by atoms with Crippen molar-refractivity contribution < 1.29 is 54.6 Å². The number of hydrogen-bond acceptors (Lipinski definition) is 12. The van der Waals surface area contributed by atoms with E-state index in [1.165, 1.54) is 0 Å². The zero-order chi connectivity index (χ0) is 22.4. The van der Waals surface area contributed by atoms with Gasteiger partial charge in [0.25, 0.3) is 0 Å². The number of aliphatic hydroxyl groups is 5. The summed E-state index contributed by atoms with van der Waals surface area (Å²) >= 11 is 0. The molecule has 29 heavy (non-hydrogen) atoms. The molecule has 0 aliphatic rings. The van der Waals surface area contributed by atoms with Crippen LogP contribution >= 0.6 is 0 Å². The summed E-state index contributed by atoms with van der Waals surface area (Å²) in [7, 11) is 0. The molecule has 9 N–H and O–H groups in total. The smallest absolute Gasteiger partial charge is 0.353 e. The second kappa shape index (κ2) is 15.0. The Labute approximate surface area is 166 Å². The number of amides is 1. The highest BCUT2D eigenvalue weighted by molar-refractivity contribution is 6.35. The molecule has 170 valence electrons. The SMILES string of the molecule is CC(=O)N[C@@H]([C@@H](O)[C@H](O)[C@H](O)CO)[C@@H](O)C/C(=N\OCCOCCON)C(=O)O. The van der Waals surface area contributed by atoms with Crippen molar-refractivity contribution in [3.8, 4) is 0 Å². The van der Waals surface area contributed by atoms with E-state index in [-0.39, 0.29) is 26.4 Å². The van der Waals surface area contributed by atoms with Crippen molar-refractivity contribution in [1.82, 2.24) is 5.32 Å². The molecule has 5 atom stereocenters. The van der Waals surface area contributed by atoms with Crippen molar-refractivity contribution in [2.45, 2.75) is 43.8 Å². The minimum atomic E-state index is -1.93. The summed E-state index contributed by atoms with van der Waals surface area (Å²) in [6.07, 6.45) is -8.02. The van der Waals surface area contributed by atoms with Crippen molar-refractivity contribution in [2.75, 3.05) is 33.0 Å². The molecule has 0 aliphatic heterocycles. The predicted molar refractivity (Wildman–Crippen MR) is 95.3 cm³/mol. The molecule has 14 nitrogen and oxygen atoms in total. The molecule has 14 heteroatoms. The normalized spacial score (nSPS) is 17.1. The number of hydrogen-bond donors (Lipinski definition) is 8. The molecule has 0 saturated carbocycles. The van der Waals surface area contributed by atoms with E-state index in [0.29, 0.717) is 0 Å². The number of carbonyl (C=O) groups excluding carboxylic acids is 1. The maximum atomic E-state index is 11.3. The fourth-order valence-electron chi connectivity index (χ4n) is 2.11. The number of nitrogens with one attached hydrogen (secondary N) is 1. The fraction of sp³-hybridized carbons (Fsp3) is 0.800. The van der Waals surface area contributed by atoms with Crippen LogP contribution in [-0.4, -0.2) is 112 Å². The standard InChI is InChI=1S/C15H29N3O11/c1-8(20)17-12(14(24)13(23)11(22)7-19)10(21)6-9(15(25)26)18-29-5-3-27-2-4-28-16/h10-14,19,21-24H,2-7,16H2,1H3,(H,17,20)(H,25,26)/b18-9+/t10-,11+,12+,13+,14+/m0/s1. The highest BCUT2D eigenvalue weighted by Crippen LogP contribution is 2.12. The fourth-order valence-corrected chi connectivity index (χ4v) is 2.11. The molecule has 0 aromatic rings. The zero-order valence-electron chi connectivity index (χ0n) is 15.9. The Balaban J connectivity index is 5.01. The average Bonchev–Trinajstić information content (AvgIpc) is 2.68. The first-order chi connectivity index (χ1) is 13.6. The van der Waals surface area contributed by atoms with Crippen LogP contribution in [-0.2, 0) is 24.0 Å². The van der Waals surface area contributed by atoms with Crippen LogP contribution in [0.5, 0.6) is 0 Å². The third-order valence-electron chi connectivity index (χ3n) is 3.57. The Hall–Kier alpha value is -1.91. The van der Waals surface area contributed by atoms with Crippen molar-refractivity contribution >= 4 is 17.6 Å². The second-order valence-corrected chi connectivity index (χ2v) is 5.89. The Bertz CT molecular complexity index is 520. The van der Waals surface area contributed by atoms with Gasteiger partial charge in [0.05, 0.1) is 38.6 Å². The van der Waals surface area contributed by atoms with Crippen LogP contribution in [0.2, 0.25) is 0 Å². The largest absolute Gasteiger partial charge is 0.477 e. The first-order valence-corrected chi connectivity index (χ1v) is 8.57. The van der Waals surface area contributed by atoms with E-state index in [0.717, 1.165) is 6.92 Å². The molecule has 0 spiro atoms. The van der Waals surface area contributed by atoms with Gasteiger partial charge >= 0.3 is 5.97 Å². The first kappa shape index (κ1) is 27.1. The molecule has 0 rings (SSSR count). The van der Waals surface area contributed by atoms with E-state index in [1.807, 2.05) is 0 Å². The van der Waals surface area contributed by atoms with E-state index < -0.39 is 61.1 Å². The summed E-state index contributed by atoms with van der Waals surface area (Å²) in [4.78, 5) is 31.7. The van der Waals surface area contributed by atoms with Gasteiger partial charge in [-0.2, -0.15) is 0 Å². The summed E-state index contributed by atoms with van der Waals surface area (Å²) in [6, 6.07) is -1.58. The Morgan fingerprint density at radius 2 is 1.66 bits per heavy atom. The number of rotatable bonds is 16. The lowest BCUT2D eigenvalue weighted by atomic mass is 9.94. The highest BCUT2D eigenvalue weighted by Gasteiger charge is 2.37. The van der Waals surface area contributed by atoms with Crippen LogP contribution in [0.4, 0.5) is 0 Å². The van der Waals surface area contributed by atoms with E-state index in [1.54, 1.807) is 0 Å². The molecule has 0 unspecified atom stereocenters. The summed E-state index contributed by atoms with van der Waals surface area (Å²) in [5.41, 5.74) is -0.637. The van der Waals surface area contributed by atoms with Gasteiger partial charge in [-0.15, -0.1) is 0 Å². The first-order valence-electron chi connectivity index (χ1n) is 8.57. The lowest BCUT2D eigenvalue weighted by Crippen LogP contribution is -2.57. The molecule has 0 aromatic heterocycles. The topological polar surface area (TPSA) is 234 Å². The Morgan fingerprint density at radius 3 is 2.17 bits per heavy atom. The van der Waals surface area contributed by atoms with Gasteiger partial charge in [0.2, 0.25) is 5.91 Å². The number of nitrogens with two attached hydrogens (primary N) is 1. The van der Waals surface area contributed by atoms with Gasteiger partial charge in [0, 0.05) is 13.3 Å². The van der Waals surface area contributed by atoms with Crippen molar-refractivity contribution in [3.63, 3.8) is 0 Å². The molecule has 0 saturated heterocycles. The molecular formula is C15H29N3O11. The number of carboxylic acid groups (broad SMARTS) is 1. The number of ether oxygens (including phenoxy) is 1. The van der Waals surface area contributed by atoms with Crippen molar-refractivity contribution in [2.24, 2.45) is 11.1 Å². The molecule has 0 aliphatic carbocycles. The quantitative estimate of drug-likeness (QED) is 0.0663. The van der Waals surface area contributed by atoms with Gasteiger partial charge in [-0.05, 0) is 0 Å². The average molecular weight is 427 g/mol. The lowest BCUT2D eigenvalue weighted by Gasteiger charge is -2.32. The van der Waals surface area contributed by atoms with E-state index in [9.17, 15) is 35.1 Å². The van der Waals surface area contributed by atoms with Crippen molar-refractivity contribution in [1.29, 1.82) is 0 Å². The summed E-state index contributed by atoms with van der Waals surface area (Å²) < 4.78 is 5.02. The number of oxime groups is 1. The molecule has 0 heterocycles. The van der Waals surface area contributed by atoms with Crippen molar-refractivity contribution in [3.05, 3.63) is 0 Å². The maximum absolute atomic E-state index is 11.3. The van der Waals surface area contributed by atoms with Crippen LogP contribution in [0.15, 0.2) is 5.16 Å². The monoisotopic (exact) mass is 427 g/mol. The van der Waals surface area contributed by atoms with Gasteiger partial charge in [0.15, 0.2) is 5.71 Å². The summed E-state index contributed by atoms with van der Waals surface area (Å²) in [6.45, 7) is 0.450. The molecule has 0 aromatic carbocycles. The zero-order valence-corrected chi connectivity index (χ0v) is 15.9. The molecule has 1 amide bonds. The summed E-state index contributed by atoms with van der Waals surface area (Å²) in [5.74, 6) is 2.56. The summed E-state index contributed by atoms with van der Waals surface area (Å²) in [5, 5.41) is 63.2. The number of carbonyl (C=O) groups is 2. The van der Waals surface area contributed by atoms with Gasteiger partial charge in [-0.3, -0.25) is 4.79 Å². The van der Waals surface area contributed by atoms with Crippen LogP contribution in [0.1, 0.15) is 13.3 Å². The Kier molecular flexibility index (Phi) is 14.0. The van der Waals surface area contributed by atoms with Gasteiger partial charge in [-0.25, -0.2) is 10.7 Å². The van der Waals surface area contributed by atoms with Crippen LogP contribution in [0.25, 0.3) is 0 Å².